The molecule has 0 aliphatic rings. The van der Waals surface area contributed by atoms with Crippen molar-refractivity contribution in [1.82, 2.24) is 9.55 Å². The highest BCUT2D eigenvalue weighted by Gasteiger charge is 2.18. The first-order chi connectivity index (χ1) is 12.0. The van der Waals surface area contributed by atoms with Gasteiger partial charge in [-0.3, -0.25) is 9.36 Å². The molecule has 0 aliphatic heterocycles. The number of hydrogen-bond donors (Lipinski definition) is 2. The van der Waals surface area contributed by atoms with Gasteiger partial charge in [0.05, 0.1) is 31.7 Å². The third kappa shape index (κ3) is 3.14. The summed E-state index contributed by atoms with van der Waals surface area (Å²) in [5.41, 5.74) is -0.145. The summed E-state index contributed by atoms with van der Waals surface area (Å²) in [6.07, 6.45) is -1.12. The first kappa shape index (κ1) is 16.8. The summed E-state index contributed by atoms with van der Waals surface area (Å²) < 4.78 is 11.4. The predicted octanol–water partition coefficient (Wildman–Crippen LogP) is 1.44. The van der Waals surface area contributed by atoms with Crippen LogP contribution in [0.3, 0.4) is 0 Å². The van der Waals surface area contributed by atoms with Gasteiger partial charge in [-0.25, -0.2) is 4.79 Å². The minimum atomic E-state index is -1.12. The molecule has 0 saturated heterocycles. The zero-order valence-corrected chi connectivity index (χ0v) is 13.9. The maximum absolute atomic E-state index is 12.6. The Morgan fingerprint density at radius 3 is 2.60 bits per heavy atom. The van der Waals surface area contributed by atoms with E-state index in [1.165, 1.54) is 14.2 Å². The number of aliphatic hydroxyl groups excluding tert-OH is 1. The van der Waals surface area contributed by atoms with Gasteiger partial charge in [-0.1, -0.05) is 12.1 Å². The average molecular weight is 342 g/mol. The Bertz CT molecular complexity index is 1020. The molecule has 1 atom stereocenters. The van der Waals surface area contributed by atoms with Crippen molar-refractivity contribution in [2.24, 2.45) is 0 Å². The van der Waals surface area contributed by atoms with E-state index in [4.69, 9.17) is 9.47 Å². The van der Waals surface area contributed by atoms with Crippen molar-refractivity contribution in [3.63, 3.8) is 0 Å². The number of para-hydroxylation sites is 1. The number of rotatable bonds is 5. The third-order valence-corrected chi connectivity index (χ3v) is 4.04. The highest BCUT2D eigenvalue weighted by molar-refractivity contribution is 5.76. The molecule has 3 aromatic rings. The molecule has 25 heavy (non-hydrogen) atoms. The van der Waals surface area contributed by atoms with Crippen molar-refractivity contribution < 1.29 is 14.6 Å². The van der Waals surface area contributed by atoms with Crippen LogP contribution in [0.4, 0.5) is 0 Å². The third-order valence-electron chi connectivity index (χ3n) is 4.04. The maximum atomic E-state index is 12.6. The quantitative estimate of drug-likeness (QED) is 0.732. The molecule has 3 rings (SSSR count). The molecule has 0 spiro atoms. The minimum Gasteiger partial charge on any atom is -0.497 e. The molecule has 0 aliphatic carbocycles. The fourth-order valence-corrected chi connectivity index (χ4v) is 2.74. The first-order valence-electron chi connectivity index (χ1n) is 7.67. The summed E-state index contributed by atoms with van der Waals surface area (Å²) in [5, 5.41) is 11.0. The molecule has 7 heteroatoms. The van der Waals surface area contributed by atoms with E-state index in [1.54, 1.807) is 42.5 Å². The Labute approximate surface area is 143 Å². The summed E-state index contributed by atoms with van der Waals surface area (Å²) in [4.78, 5) is 27.5. The molecule has 0 radical (unpaired) electrons. The number of aliphatic hydroxyl groups is 1. The summed E-state index contributed by atoms with van der Waals surface area (Å²) in [7, 11) is 2.99. The molecule has 2 aromatic carbocycles. The number of aromatic amines is 1. The van der Waals surface area contributed by atoms with E-state index in [9.17, 15) is 14.7 Å². The molecule has 0 amide bonds. The van der Waals surface area contributed by atoms with Crippen LogP contribution in [-0.4, -0.2) is 28.9 Å². The number of nitrogens with one attached hydrogen (secondary N) is 1. The number of aromatic nitrogens is 2. The molecular formula is C18H18N2O5. The van der Waals surface area contributed by atoms with E-state index in [0.717, 1.165) is 4.57 Å². The van der Waals surface area contributed by atoms with Crippen LogP contribution in [0, 0.1) is 0 Å². The van der Waals surface area contributed by atoms with Crippen molar-refractivity contribution in [3.05, 3.63) is 68.9 Å². The number of H-pyrrole nitrogens is 1. The molecule has 1 aromatic heterocycles. The average Bonchev–Trinajstić information content (AvgIpc) is 2.64. The van der Waals surface area contributed by atoms with Gasteiger partial charge in [-0.15, -0.1) is 0 Å². The van der Waals surface area contributed by atoms with Crippen LogP contribution in [0.1, 0.15) is 11.7 Å². The fraction of sp³-hybridized carbons (Fsp3) is 0.222. The van der Waals surface area contributed by atoms with Gasteiger partial charge < -0.3 is 19.6 Å². The van der Waals surface area contributed by atoms with E-state index >= 15 is 0 Å². The van der Waals surface area contributed by atoms with Gasteiger partial charge in [0.25, 0.3) is 5.56 Å². The highest BCUT2D eigenvalue weighted by atomic mass is 16.5. The van der Waals surface area contributed by atoms with E-state index in [2.05, 4.69) is 4.98 Å². The zero-order valence-electron chi connectivity index (χ0n) is 13.9. The van der Waals surface area contributed by atoms with Gasteiger partial charge in [0.2, 0.25) is 0 Å². The monoisotopic (exact) mass is 342 g/mol. The number of nitrogens with zero attached hydrogens (tertiary/aromatic N) is 1. The van der Waals surface area contributed by atoms with Crippen LogP contribution >= 0.6 is 0 Å². The van der Waals surface area contributed by atoms with Crippen molar-refractivity contribution in [2.45, 2.75) is 12.6 Å². The predicted molar refractivity (Wildman–Crippen MR) is 93.3 cm³/mol. The first-order valence-corrected chi connectivity index (χ1v) is 7.67. The second kappa shape index (κ2) is 6.82. The number of benzene rings is 2. The van der Waals surface area contributed by atoms with Crippen LogP contribution in [0.5, 0.6) is 11.5 Å². The Morgan fingerprint density at radius 2 is 1.88 bits per heavy atom. The van der Waals surface area contributed by atoms with Gasteiger partial charge in [-0.2, -0.15) is 0 Å². The van der Waals surface area contributed by atoms with Gasteiger partial charge >= 0.3 is 5.69 Å². The number of ether oxygens (including phenoxy) is 2. The Kier molecular flexibility index (Phi) is 4.58. The van der Waals surface area contributed by atoms with Gasteiger partial charge in [0.15, 0.2) is 0 Å². The maximum Gasteiger partial charge on any atom is 0.328 e. The number of methoxy groups -OCH3 is 2. The van der Waals surface area contributed by atoms with Gasteiger partial charge in [0, 0.05) is 5.56 Å². The van der Waals surface area contributed by atoms with Crippen molar-refractivity contribution in [3.8, 4) is 11.5 Å². The van der Waals surface area contributed by atoms with Crippen LogP contribution in [0.15, 0.2) is 52.1 Å². The summed E-state index contributed by atoms with van der Waals surface area (Å²) in [6.45, 7) is -0.206. The lowest BCUT2D eigenvalue weighted by atomic mass is 10.1. The Morgan fingerprint density at radius 1 is 1.12 bits per heavy atom. The second-order valence-corrected chi connectivity index (χ2v) is 5.52. The molecule has 7 nitrogen and oxygen atoms in total. The summed E-state index contributed by atoms with van der Waals surface area (Å²) in [5.74, 6) is 0.980. The highest BCUT2D eigenvalue weighted by Crippen LogP contribution is 2.29. The van der Waals surface area contributed by atoms with E-state index in [-0.39, 0.29) is 6.54 Å². The van der Waals surface area contributed by atoms with Crippen molar-refractivity contribution in [1.29, 1.82) is 0 Å². The summed E-state index contributed by atoms with van der Waals surface area (Å²) in [6, 6.07) is 11.7. The lowest BCUT2D eigenvalue weighted by Gasteiger charge is -2.17. The molecule has 0 fully saturated rings. The van der Waals surface area contributed by atoms with Crippen LogP contribution < -0.4 is 20.7 Å². The number of fused-ring (bicyclic) bond motifs is 1. The minimum absolute atomic E-state index is 0.206. The van der Waals surface area contributed by atoms with Gasteiger partial charge in [-0.05, 0) is 30.3 Å². The normalized spacial score (nSPS) is 12.1. The zero-order chi connectivity index (χ0) is 18.0. The molecule has 1 heterocycles. The van der Waals surface area contributed by atoms with E-state index in [1.807, 2.05) is 0 Å². The Balaban J connectivity index is 2.05. The van der Waals surface area contributed by atoms with Crippen molar-refractivity contribution in [2.75, 3.05) is 14.2 Å². The lowest BCUT2D eigenvalue weighted by molar-refractivity contribution is 0.149. The number of hydrogen-bond acceptors (Lipinski definition) is 5. The SMILES string of the molecule is COc1ccc(OC)c([C@@H](O)Cn2c(=O)[nH]c3ccccc3c2=O)c1. The lowest BCUT2D eigenvalue weighted by Crippen LogP contribution is -2.36. The van der Waals surface area contributed by atoms with Crippen LogP contribution in [0.2, 0.25) is 0 Å². The standard InChI is InChI=1S/C18H18N2O5/c1-24-11-7-8-16(25-2)13(9-11)15(21)10-20-17(22)12-5-3-4-6-14(12)19-18(20)23/h3-9,15,21H,10H2,1-2H3,(H,19,23)/t15-/m0/s1. The Hall–Kier alpha value is -3.06. The molecule has 0 bridgehead atoms. The molecule has 0 unspecified atom stereocenters. The van der Waals surface area contributed by atoms with Crippen LogP contribution in [-0.2, 0) is 6.54 Å². The molecular weight excluding hydrogens is 324 g/mol. The topological polar surface area (TPSA) is 93.5 Å². The van der Waals surface area contributed by atoms with Crippen LogP contribution in [0.25, 0.3) is 10.9 Å². The molecule has 0 saturated carbocycles. The smallest absolute Gasteiger partial charge is 0.328 e. The second-order valence-electron chi connectivity index (χ2n) is 5.52. The summed E-state index contributed by atoms with van der Waals surface area (Å²) >= 11 is 0. The fourth-order valence-electron chi connectivity index (χ4n) is 2.74. The van der Waals surface area contributed by atoms with Gasteiger partial charge in [0.1, 0.15) is 17.6 Å². The van der Waals surface area contributed by atoms with E-state index < -0.39 is 17.4 Å². The largest absolute Gasteiger partial charge is 0.497 e. The van der Waals surface area contributed by atoms with Crippen molar-refractivity contribution >= 4 is 10.9 Å². The molecule has 130 valence electrons. The molecule has 2 N–H and O–H groups in total. The van der Waals surface area contributed by atoms with E-state index in [0.29, 0.717) is 28.0 Å².